The van der Waals surface area contributed by atoms with Crippen molar-refractivity contribution in [1.82, 2.24) is 5.09 Å². The molecular weight excluding hydrogens is 229 g/mol. The standard InChI is InChI=1S/C10H20NO4P/c1-3-14-16(13,15-4-2)11-9-5-7-10(12)8-6-9/h5,7,9-10,12H,3-4,6,8H2,1-2H3,(H,11,13)/t9-,10+/m0/s1. The second-order valence-electron chi connectivity index (χ2n) is 3.60. The first kappa shape index (κ1) is 13.9. The molecule has 0 aliphatic heterocycles. The van der Waals surface area contributed by atoms with E-state index in [0.29, 0.717) is 19.6 Å². The van der Waals surface area contributed by atoms with Crippen LogP contribution < -0.4 is 5.09 Å². The summed E-state index contributed by atoms with van der Waals surface area (Å²) in [6.07, 6.45) is 4.49. The summed E-state index contributed by atoms with van der Waals surface area (Å²) in [7, 11) is -3.19. The number of aliphatic hydroxyl groups is 1. The molecule has 1 rings (SSSR count). The highest BCUT2D eigenvalue weighted by atomic mass is 31.2. The molecule has 0 saturated carbocycles. The lowest BCUT2D eigenvalue weighted by Crippen LogP contribution is -2.30. The van der Waals surface area contributed by atoms with Gasteiger partial charge in [-0.2, -0.15) is 0 Å². The minimum absolute atomic E-state index is 0.0627. The number of aliphatic hydroxyl groups excluding tert-OH is 1. The Morgan fingerprint density at radius 3 is 2.38 bits per heavy atom. The van der Waals surface area contributed by atoms with Crippen molar-refractivity contribution >= 4 is 7.75 Å². The highest BCUT2D eigenvalue weighted by molar-refractivity contribution is 7.51. The molecule has 0 unspecified atom stereocenters. The minimum atomic E-state index is -3.19. The summed E-state index contributed by atoms with van der Waals surface area (Å²) in [5.41, 5.74) is 0. The second-order valence-corrected chi connectivity index (χ2v) is 5.37. The lowest BCUT2D eigenvalue weighted by Gasteiger charge is -2.25. The van der Waals surface area contributed by atoms with Gasteiger partial charge in [-0.05, 0) is 26.7 Å². The van der Waals surface area contributed by atoms with Crippen LogP contribution in [0.2, 0.25) is 0 Å². The van der Waals surface area contributed by atoms with E-state index in [1.807, 2.05) is 0 Å². The van der Waals surface area contributed by atoms with Crippen molar-refractivity contribution < 1.29 is 18.7 Å². The van der Waals surface area contributed by atoms with Crippen LogP contribution in [-0.2, 0) is 13.6 Å². The van der Waals surface area contributed by atoms with Gasteiger partial charge in [-0.15, -0.1) is 0 Å². The van der Waals surface area contributed by atoms with E-state index in [9.17, 15) is 9.67 Å². The second kappa shape index (κ2) is 6.52. The van der Waals surface area contributed by atoms with Gasteiger partial charge in [-0.3, -0.25) is 9.05 Å². The number of rotatable bonds is 6. The molecule has 0 bridgehead atoms. The topological polar surface area (TPSA) is 67.8 Å². The smallest absolute Gasteiger partial charge is 0.389 e. The largest absolute Gasteiger partial charge is 0.405 e. The van der Waals surface area contributed by atoms with Gasteiger partial charge in [0.2, 0.25) is 0 Å². The van der Waals surface area contributed by atoms with Crippen LogP contribution in [0.25, 0.3) is 0 Å². The summed E-state index contributed by atoms with van der Waals surface area (Å²) in [5.74, 6) is 0. The number of hydrogen-bond donors (Lipinski definition) is 2. The minimum Gasteiger partial charge on any atom is -0.389 e. The first-order valence-electron chi connectivity index (χ1n) is 5.63. The van der Waals surface area contributed by atoms with Gasteiger partial charge < -0.3 is 5.11 Å². The summed E-state index contributed by atoms with van der Waals surface area (Å²) < 4.78 is 22.4. The number of nitrogens with one attached hydrogen (secondary N) is 1. The fourth-order valence-electron chi connectivity index (χ4n) is 1.57. The fourth-order valence-corrected chi connectivity index (χ4v) is 3.09. The van der Waals surface area contributed by atoms with Gasteiger partial charge in [0.1, 0.15) is 0 Å². The molecule has 0 amide bonds. The maximum absolute atomic E-state index is 12.1. The molecule has 6 heteroatoms. The predicted molar refractivity (Wildman–Crippen MR) is 62.2 cm³/mol. The highest BCUT2D eigenvalue weighted by Gasteiger charge is 2.27. The van der Waals surface area contributed by atoms with Gasteiger partial charge in [-0.1, -0.05) is 12.2 Å². The molecule has 0 aromatic heterocycles. The molecule has 0 spiro atoms. The van der Waals surface area contributed by atoms with Crippen LogP contribution in [0, 0.1) is 0 Å². The lowest BCUT2D eigenvalue weighted by atomic mass is 10.0. The SMILES string of the molecule is CCOP(=O)(N[C@H]1C=C[C@@H](O)CC1)OCC. The summed E-state index contributed by atoms with van der Waals surface area (Å²) in [6.45, 7) is 4.22. The average molecular weight is 249 g/mol. The average Bonchev–Trinajstić information content (AvgIpc) is 2.22. The normalized spacial score (nSPS) is 25.9. The van der Waals surface area contributed by atoms with Gasteiger partial charge in [0.05, 0.1) is 19.3 Å². The zero-order chi connectivity index (χ0) is 12.0. The van der Waals surface area contributed by atoms with Gasteiger partial charge in [0, 0.05) is 6.04 Å². The predicted octanol–water partition coefficient (Wildman–Crippen LogP) is 1.84. The van der Waals surface area contributed by atoms with Crippen molar-refractivity contribution in [2.24, 2.45) is 0 Å². The third-order valence-electron chi connectivity index (χ3n) is 2.26. The zero-order valence-electron chi connectivity index (χ0n) is 9.76. The van der Waals surface area contributed by atoms with Gasteiger partial charge in [0.25, 0.3) is 0 Å². The molecule has 0 radical (unpaired) electrons. The van der Waals surface area contributed by atoms with E-state index in [2.05, 4.69) is 5.09 Å². The quantitative estimate of drug-likeness (QED) is 0.555. The molecule has 0 heterocycles. The molecule has 2 N–H and O–H groups in total. The van der Waals surface area contributed by atoms with E-state index < -0.39 is 13.9 Å². The first-order chi connectivity index (χ1) is 7.59. The van der Waals surface area contributed by atoms with Crippen LogP contribution in [0.4, 0.5) is 0 Å². The Balaban J connectivity index is 2.55. The van der Waals surface area contributed by atoms with E-state index in [-0.39, 0.29) is 6.04 Å². The van der Waals surface area contributed by atoms with E-state index in [1.165, 1.54) is 0 Å². The van der Waals surface area contributed by atoms with Crippen LogP contribution >= 0.6 is 7.75 Å². The molecule has 94 valence electrons. The Hall–Kier alpha value is -0.190. The summed E-state index contributed by atoms with van der Waals surface area (Å²) in [5, 5.41) is 12.2. The Morgan fingerprint density at radius 2 is 1.94 bits per heavy atom. The molecule has 16 heavy (non-hydrogen) atoms. The third kappa shape index (κ3) is 4.36. The fraction of sp³-hybridized carbons (Fsp3) is 0.800. The summed E-state index contributed by atoms with van der Waals surface area (Å²) in [6, 6.07) is -0.0627. The third-order valence-corrected chi connectivity index (χ3v) is 4.11. The monoisotopic (exact) mass is 249 g/mol. The van der Waals surface area contributed by atoms with E-state index >= 15 is 0 Å². The van der Waals surface area contributed by atoms with Crippen molar-refractivity contribution in [3.63, 3.8) is 0 Å². The van der Waals surface area contributed by atoms with Gasteiger partial charge in [0.15, 0.2) is 0 Å². The van der Waals surface area contributed by atoms with E-state index in [1.54, 1.807) is 26.0 Å². The highest BCUT2D eigenvalue weighted by Crippen LogP contribution is 2.44. The zero-order valence-corrected chi connectivity index (χ0v) is 10.7. The summed E-state index contributed by atoms with van der Waals surface area (Å²) >= 11 is 0. The van der Waals surface area contributed by atoms with Crippen molar-refractivity contribution in [3.8, 4) is 0 Å². The Morgan fingerprint density at radius 1 is 1.31 bits per heavy atom. The van der Waals surface area contributed by atoms with E-state index in [4.69, 9.17) is 9.05 Å². The van der Waals surface area contributed by atoms with Crippen LogP contribution in [0.15, 0.2) is 12.2 Å². The lowest BCUT2D eigenvalue weighted by molar-refractivity contribution is 0.189. The van der Waals surface area contributed by atoms with Gasteiger partial charge in [-0.25, -0.2) is 9.65 Å². The Labute approximate surface area is 96.4 Å². The van der Waals surface area contributed by atoms with Crippen LogP contribution in [0.3, 0.4) is 0 Å². The number of hydrogen-bond acceptors (Lipinski definition) is 4. The Kier molecular flexibility index (Phi) is 5.66. The molecule has 2 atom stereocenters. The van der Waals surface area contributed by atoms with Crippen LogP contribution in [0.5, 0.6) is 0 Å². The maximum atomic E-state index is 12.1. The van der Waals surface area contributed by atoms with Crippen LogP contribution in [0.1, 0.15) is 26.7 Å². The molecule has 1 aliphatic rings. The van der Waals surface area contributed by atoms with Crippen LogP contribution in [-0.4, -0.2) is 30.5 Å². The molecule has 1 aliphatic carbocycles. The molecule has 0 fully saturated rings. The molecule has 5 nitrogen and oxygen atoms in total. The first-order valence-corrected chi connectivity index (χ1v) is 7.17. The molecular formula is C10H20NO4P. The molecule has 0 aromatic rings. The summed E-state index contributed by atoms with van der Waals surface area (Å²) in [4.78, 5) is 0. The van der Waals surface area contributed by atoms with Gasteiger partial charge >= 0.3 is 7.75 Å². The maximum Gasteiger partial charge on any atom is 0.405 e. The van der Waals surface area contributed by atoms with Crippen molar-refractivity contribution in [3.05, 3.63) is 12.2 Å². The molecule has 0 aromatic carbocycles. The van der Waals surface area contributed by atoms with Crippen molar-refractivity contribution in [1.29, 1.82) is 0 Å². The molecule has 0 saturated heterocycles. The van der Waals surface area contributed by atoms with Crippen molar-refractivity contribution in [2.45, 2.75) is 38.8 Å². The Bertz CT molecular complexity index is 272. The van der Waals surface area contributed by atoms with E-state index in [0.717, 1.165) is 6.42 Å². The van der Waals surface area contributed by atoms with Crippen molar-refractivity contribution in [2.75, 3.05) is 13.2 Å².